The number of anilines is 1. The van der Waals surface area contributed by atoms with E-state index < -0.39 is 17.7 Å². The van der Waals surface area contributed by atoms with Crippen molar-refractivity contribution in [1.82, 2.24) is 0 Å². The predicted octanol–water partition coefficient (Wildman–Crippen LogP) is 6.40. The molecule has 0 radical (unpaired) electrons. The lowest BCUT2D eigenvalue weighted by Crippen LogP contribution is -2.29. The molecule has 1 unspecified atom stereocenters. The highest BCUT2D eigenvalue weighted by Gasteiger charge is 2.47. The monoisotopic (exact) mass is 531 g/mol. The second kappa shape index (κ2) is 8.62. The number of nitrogens with zero attached hydrogens (tertiary/aromatic N) is 1. The van der Waals surface area contributed by atoms with Crippen molar-refractivity contribution in [2.24, 2.45) is 0 Å². The highest BCUT2D eigenvalue weighted by Crippen LogP contribution is 2.44. The first-order valence-electron chi connectivity index (χ1n) is 9.50. The van der Waals surface area contributed by atoms with Gasteiger partial charge in [-0.1, -0.05) is 57.3 Å². The van der Waals surface area contributed by atoms with Crippen LogP contribution in [0.25, 0.3) is 5.76 Å². The molecule has 0 bridgehead atoms. The van der Waals surface area contributed by atoms with E-state index in [4.69, 9.17) is 23.2 Å². The lowest BCUT2D eigenvalue weighted by atomic mass is 9.94. The molecular formula is C24H16BrCl2NO4. The van der Waals surface area contributed by atoms with Crippen LogP contribution in [0.4, 0.5) is 5.69 Å². The van der Waals surface area contributed by atoms with Crippen LogP contribution in [-0.4, -0.2) is 21.9 Å². The van der Waals surface area contributed by atoms with Gasteiger partial charge in [0.25, 0.3) is 11.7 Å². The van der Waals surface area contributed by atoms with Gasteiger partial charge in [0.15, 0.2) is 0 Å². The van der Waals surface area contributed by atoms with E-state index in [0.29, 0.717) is 21.8 Å². The molecule has 0 aliphatic carbocycles. The zero-order chi connectivity index (χ0) is 23.2. The number of benzene rings is 3. The number of hydrogen-bond donors (Lipinski definition) is 2. The number of phenolic OH excluding ortho intramolecular Hbond substituents is 1. The fourth-order valence-corrected chi connectivity index (χ4v) is 4.23. The molecule has 3 aromatic rings. The van der Waals surface area contributed by atoms with Crippen LogP contribution in [0.5, 0.6) is 5.75 Å². The van der Waals surface area contributed by atoms with Gasteiger partial charge in [0, 0.05) is 15.7 Å². The van der Waals surface area contributed by atoms with E-state index in [1.165, 1.54) is 29.2 Å². The minimum Gasteiger partial charge on any atom is -0.508 e. The Hall–Kier alpha value is -2.80. The molecule has 0 aromatic heterocycles. The smallest absolute Gasteiger partial charge is 0.300 e. The van der Waals surface area contributed by atoms with Gasteiger partial charge < -0.3 is 10.2 Å². The summed E-state index contributed by atoms with van der Waals surface area (Å²) in [4.78, 5) is 27.5. The minimum atomic E-state index is -0.983. The number of Topliss-reactive ketones (excluding diaryl/α,β-unsaturated/α-hetero) is 1. The van der Waals surface area contributed by atoms with E-state index in [-0.39, 0.29) is 22.1 Å². The maximum absolute atomic E-state index is 13.1. The first-order chi connectivity index (χ1) is 15.2. The Morgan fingerprint density at radius 3 is 2.41 bits per heavy atom. The van der Waals surface area contributed by atoms with Crippen LogP contribution in [-0.2, 0) is 9.59 Å². The third-order valence-electron chi connectivity index (χ3n) is 5.24. The molecule has 0 spiro atoms. The average molecular weight is 533 g/mol. The summed E-state index contributed by atoms with van der Waals surface area (Å²) in [6.07, 6.45) is 0. The van der Waals surface area contributed by atoms with Crippen molar-refractivity contribution >= 4 is 62.3 Å². The minimum absolute atomic E-state index is 0.0401. The van der Waals surface area contributed by atoms with Crippen molar-refractivity contribution in [1.29, 1.82) is 0 Å². The Balaban J connectivity index is 1.97. The zero-order valence-corrected chi connectivity index (χ0v) is 19.7. The number of halogens is 3. The molecule has 1 saturated heterocycles. The third kappa shape index (κ3) is 3.90. The molecule has 32 heavy (non-hydrogen) atoms. The maximum atomic E-state index is 13.1. The van der Waals surface area contributed by atoms with Gasteiger partial charge in [-0.2, -0.15) is 0 Å². The lowest BCUT2D eigenvalue weighted by molar-refractivity contribution is -0.132. The number of carbonyl (C=O) groups is 2. The number of carbonyl (C=O) groups excluding carboxylic acids is 2. The molecule has 2 N–H and O–H groups in total. The summed E-state index contributed by atoms with van der Waals surface area (Å²) in [6.45, 7) is 1.85. The van der Waals surface area contributed by atoms with E-state index in [2.05, 4.69) is 15.9 Å². The normalized spacial score (nSPS) is 17.8. The maximum Gasteiger partial charge on any atom is 0.300 e. The van der Waals surface area contributed by atoms with E-state index in [1.54, 1.807) is 36.4 Å². The summed E-state index contributed by atoms with van der Waals surface area (Å²) in [6, 6.07) is 14.9. The first kappa shape index (κ1) is 22.4. The van der Waals surface area contributed by atoms with Gasteiger partial charge in [0.1, 0.15) is 11.5 Å². The van der Waals surface area contributed by atoms with Crippen molar-refractivity contribution in [3.05, 3.63) is 97.4 Å². The zero-order valence-electron chi connectivity index (χ0n) is 16.6. The van der Waals surface area contributed by atoms with E-state index in [1.807, 2.05) is 6.92 Å². The van der Waals surface area contributed by atoms with Crippen LogP contribution in [0.2, 0.25) is 10.0 Å². The van der Waals surface area contributed by atoms with Crippen molar-refractivity contribution in [2.45, 2.75) is 13.0 Å². The van der Waals surface area contributed by atoms with Crippen LogP contribution in [0, 0.1) is 6.92 Å². The van der Waals surface area contributed by atoms with E-state index in [0.717, 1.165) is 10.0 Å². The number of aryl methyl sites for hydroxylation is 1. The Morgan fingerprint density at radius 1 is 1.00 bits per heavy atom. The van der Waals surface area contributed by atoms with Gasteiger partial charge in [-0.15, -0.1) is 0 Å². The summed E-state index contributed by atoms with van der Waals surface area (Å²) in [5.41, 5.74) is 1.93. The molecule has 8 heteroatoms. The summed E-state index contributed by atoms with van der Waals surface area (Å²) < 4.78 is 0.842. The predicted molar refractivity (Wildman–Crippen MR) is 128 cm³/mol. The summed E-state index contributed by atoms with van der Waals surface area (Å²) >= 11 is 15.6. The number of amides is 1. The SMILES string of the molecule is Cc1cc(/C(O)=C2\C(=O)C(=O)N(c3ccc(Cl)c(Cl)c3)C2c2cccc(O)c2)ccc1Br. The van der Waals surface area contributed by atoms with Crippen LogP contribution >= 0.6 is 39.1 Å². The lowest BCUT2D eigenvalue weighted by Gasteiger charge is -2.26. The van der Waals surface area contributed by atoms with Crippen molar-refractivity contribution in [3.63, 3.8) is 0 Å². The first-order valence-corrected chi connectivity index (χ1v) is 11.1. The summed E-state index contributed by atoms with van der Waals surface area (Å²) in [5.74, 6) is -2.02. The number of hydrogen-bond acceptors (Lipinski definition) is 4. The molecule has 4 rings (SSSR count). The molecule has 1 aliphatic rings. The van der Waals surface area contributed by atoms with Crippen LogP contribution in [0.3, 0.4) is 0 Å². The quantitative estimate of drug-likeness (QED) is 0.232. The highest BCUT2D eigenvalue weighted by molar-refractivity contribution is 9.10. The van der Waals surface area contributed by atoms with Gasteiger partial charge in [0.2, 0.25) is 0 Å². The number of aliphatic hydroxyl groups excluding tert-OH is 1. The Labute approximate surface area is 202 Å². The van der Waals surface area contributed by atoms with E-state index in [9.17, 15) is 19.8 Å². The third-order valence-corrected chi connectivity index (χ3v) is 6.87. The standard InChI is InChI=1S/C24H16BrCl2NO4/c1-12-9-14(5-7-17(12)25)22(30)20-21(13-3-2-4-16(29)10-13)28(24(32)23(20)31)15-6-8-18(26)19(27)11-15/h2-11,21,29-30H,1H3/b22-20+. The molecular weight excluding hydrogens is 517 g/mol. The largest absolute Gasteiger partial charge is 0.508 e. The Morgan fingerprint density at radius 2 is 1.75 bits per heavy atom. The molecule has 0 saturated carbocycles. The highest BCUT2D eigenvalue weighted by atomic mass is 79.9. The fourth-order valence-electron chi connectivity index (χ4n) is 3.69. The van der Waals surface area contributed by atoms with Gasteiger partial charge >= 0.3 is 0 Å². The Kier molecular flexibility index (Phi) is 6.03. The summed E-state index contributed by atoms with van der Waals surface area (Å²) in [7, 11) is 0. The Bertz CT molecular complexity index is 1300. The fraction of sp³-hybridized carbons (Fsp3) is 0.0833. The van der Waals surface area contributed by atoms with Crippen LogP contribution in [0.1, 0.15) is 22.7 Å². The van der Waals surface area contributed by atoms with Gasteiger partial charge in [-0.3, -0.25) is 14.5 Å². The van der Waals surface area contributed by atoms with E-state index >= 15 is 0 Å². The second-order valence-corrected chi connectivity index (χ2v) is 9.00. The van der Waals surface area contributed by atoms with Gasteiger partial charge in [-0.05, 0) is 60.5 Å². The van der Waals surface area contributed by atoms with Gasteiger partial charge in [-0.25, -0.2) is 0 Å². The molecule has 1 aliphatic heterocycles. The molecule has 1 atom stereocenters. The number of aliphatic hydroxyl groups is 1. The topological polar surface area (TPSA) is 77.8 Å². The number of ketones is 1. The molecule has 1 amide bonds. The molecule has 5 nitrogen and oxygen atoms in total. The second-order valence-electron chi connectivity index (χ2n) is 7.33. The average Bonchev–Trinajstić information content (AvgIpc) is 3.02. The van der Waals surface area contributed by atoms with Gasteiger partial charge in [0.05, 0.1) is 21.7 Å². The molecule has 1 heterocycles. The van der Waals surface area contributed by atoms with Crippen molar-refractivity contribution < 1.29 is 19.8 Å². The van der Waals surface area contributed by atoms with Crippen molar-refractivity contribution in [3.8, 4) is 5.75 Å². The number of rotatable bonds is 3. The van der Waals surface area contributed by atoms with Crippen LogP contribution in [0.15, 0.2) is 70.7 Å². The molecule has 1 fully saturated rings. The number of phenols is 1. The molecule has 162 valence electrons. The van der Waals surface area contributed by atoms with Crippen LogP contribution < -0.4 is 4.90 Å². The molecule has 3 aromatic carbocycles. The van der Waals surface area contributed by atoms with Crippen molar-refractivity contribution in [2.75, 3.05) is 4.90 Å². The summed E-state index contributed by atoms with van der Waals surface area (Å²) in [5, 5.41) is 21.7. The number of aromatic hydroxyl groups is 1.